The fourth-order valence-corrected chi connectivity index (χ4v) is 8.38. The number of benzene rings is 2. The van der Waals surface area contributed by atoms with E-state index in [9.17, 15) is 35.9 Å². The number of aliphatic hydroxyl groups is 1. The molecule has 3 aliphatic rings. The zero-order valence-electron chi connectivity index (χ0n) is 22.7. The predicted octanol–water partition coefficient (Wildman–Crippen LogP) is 4.96. The van der Waals surface area contributed by atoms with Crippen molar-refractivity contribution in [2.24, 2.45) is 0 Å². The van der Waals surface area contributed by atoms with Gasteiger partial charge >= 0.3 is 6.18 Å². The third kappa shape index (κ3) is 4.85. The van der Waals surface area contributed by atoms with Gasteiger partial charge in [-0.3, -0.25) is 4.79 Å². The van der Waals surface area contributed by atoms with E-state index in [1.54, 1.807) is 11.0 Å². The van der Waals surface area contributed by atoms with Gasteiger partial charge in [0.25, 0.3) is 5.91 Å². The summed E-state index contributed by atoms with van der Waals surface area (Å²) in [7, 11) is -3.30. The number of sulfone groups is 1. The molecule has 1 N–H and O–H groups in total. The van der Waals surface area contributed by atoms with Crippen LogP contribution in [0.1, 0.15) is 67.3 Å². The lowest BCUT2D eigenvalue weighted by Crippen LogP contribution is -2.57. The number of fused-ring (bicyclic) bond motifs is 3. The molecule has 2 saturated heterocycles. The van der Waals surface area contributed by atoms with Crippen molar-refractivity contribution in [3.8, 4) is 0 Å². The van der Waals surface area contributed by atoms with E-state index in [4.69, 9.17) is 0 Å². The second-order valence-electron chi connectivity index (χ2n) is 11.9. The van der Waals surface area contributed by atoms with Crippen LogP contribution in [0.3, 0.4) is 0 Å². The average molecular weight is 582 g/mol. The van der Waals surface area contributed by atoms with E-state index in [2.05, 4.69) is 6.92 Å². The van der Waals surface area contributed by atoms with Crippen LogP contribution in [0.2, 0.25) is 0 Å². The largest absolute Gasteiger partial charge is 0.426 e. The highest BCUT2D eigenvalue weighted by molar-refractivity contribution is 7.91. The first-order valence-electron chi connectivity index (χ1n) is 13.8. The number of alkyl halides is 4. The topological polar surface area (TPSA) is 74.7 Å². The van der Waals surface area contributed by atoms with Crippen LogP contribution in [0.25, 0.3) is 0 Å². The number of aryl methyl sites for hydroxylation is 2. The van der Waals surface area contributed by atoms with E-state index in [-0.39, 0.29) is 30.4 Å². The second kappa shape index (κ2) is 9.82. The summed E-state index contributed by atoms with van der Waals surface area (Å²) in [4.78, 5) is 15.5. The van der Waals surface area contributed by atoms with Crippen molar-refractivity contribution in [2.45, 2.75) is 87.7 Å². The lowest BCUT2D eigenvalue weighted by molar-refractivity contribution is -0.228. The molecule has 2 aromatic rings. The maximum absolute atomic E-state index is 14.9. The fraction of sp³-hybridized carbons (Fsp3) is 0.567. The molecular weight excluding hydrogens is 546 g/mol. The third-order valence-electron chi connectivity index (χ3n) is 9.48. The number of hydrogen-bond acceptors (Lipinski definition) is 4. The summed E-state index contributed by atoms with van der Waals surface area (Å²) >= 11 is 0. The van der Waals surface area contributed by atoms with Gasteiger partial charge in [-0.25, -0.2) is 12.8 Å². The van der Waals surface area contributed by atoms with E-state index < -0.39 is 44.2 Å². The van der Waals surface area contributed by atoms with Crippen molar-refractivity contribution in [3.63, 3.8) is 0 Å². The molecule has 2 heterocycles. The second-order valence-corrected chi connectivity index (χ2v) is 14.2. The van der Waals surface area contributed by atoms with Crippen LogP contribution < -0.4 is 0 Å². The van der Waals surface area contributed by atoms with Crippen molar-refractivity contribution in [1.82, 2.24) is 4.90 Å². The van der Waals surface area contributed by atoms with Crippen LogP contribution in [0.4, 0.5) is 17.6 Å². The lowest BCUT2D eigenvalue weighted by Gasteiger charge is -2.45. The molecule has 40 heavy (non-hydrogen) atoms. The molecule has 2 fully saturated rings. The first-order chi connectivity index (χ1) is 18.6. The number of rotatable bonds is 5. The van der Waals surface area contributed by atoms with Gasteiger partial charge in [0.1, 0.15) is 5.60 Å². The maximum Gasteiger partial charge on any atom is 0.426 e. The molecule has 0 radical (unpaired) electrons. The number of likely N-dealkylation sites (tertiary alicyclic amines) is 1. The van der Waals surface area contributed by atoms with Gasteiger partial charge < -0.3 is 10.0 Å². The van der Waals surface area contributed by atoms with Gasteiger partial charge in [0.2, 0.25) is 5.67 Å². The predicted molar refractivity (Wildman–Crippen MR) is 143 cm³/mol. The molecule has 3 unspecified atom stereocenters. The number of carbonyl (C=O) groups is 1. The molecule has 5 rings (SSSR count). The minimum Gasteiger partial charge on any atom is -0.380 e. The van der Waals surface area contributed by atoms with Crippen molar-refractivity contribution in [3.05, 3.63) is 70.3 Å². The Balaban J connectivity index is 1.55. The first kappa shape index (κ1) is 29.0. The Labute approximate surface area is 232 Å². The highest BCUT2D eigenvalue weighted by Crippen LogP contribution is 2.51. The van der Waals surface area contributed by atoms with Crippen LogP contribution in [0.15, 0.2) is 42.5 Å². The number of halogens is 4. The van der Waals surface area contributed by atoms with Crippen molar-refractivity contribution < 1.29 is 35.9 Å². The minimum absolute atomic E-state index is 0.157. The molecule has 0 bridgehead atoms. The Morgan fingerprint density at radius 3 is 2.25 bits per heavy atom. The third-order valence-corrected chi connectivity index (χ3v) is 11.1. The quantitative estimate of drug-likeness (QED) is 0.507. The van der Waals surface area contributed by atoms with E-state index in [1.807, 2.05) is 24.3 Å². The number of carbonyl (C=O) groups excluding carboxylic acids is 1. The molecule has 5 nitrogen and oxygen atoms in total. The molecule has 10 heteroatoms. The SMILES string of the molecule is CCc1ccc(CC23CCN(C(=O)C4(O)CCS(=O)(=O)CC4)C2CCc2cc(C(C)(F)C(F)(F)F)ccc23)cc1. The van der Waals surface area contributed by atoms with E-state index in [0.717, 1.165) is 17.5 Å². The molecule has 1 aliphatic carbocycles. The summed E-state index contributed by atoms with van der Waals surface area (Å²) in [5.74, 6) is -0.991. The molecule has 1 amide bonds. The summed E-state index contributed by atoms with van der Waals surface area (Å²) in [6.45, 7) is 2.92. The highest BCUT2D eigenvalue weighted by Gasteiger charge is 2.57. The Hall–Kier alpha value is -2.46. The summed E-state index contributed by atoms with van der Waals surface area (Å²) in [5, 5.41) is 11.2. The first-order valence-corrected chi connectivity index (χ1v) is 15.7. The van der Waals surface area contributed by atoms with Gasteiger partial charge in [-0.2, -0.15) is 13.2 Å². The molecule has 0 aromatic heterocycles. The molecular formula is C30H35F4NO4S. The summed E-state index contributed by atoms with van der Waals surface area (Å²) in [6.07, 6.45) is -2.66. The fourth-order valence-electron chi connectivity index (χ4n) is 6.88. The van der Waals surface area contributed by atoms with Crippen LogP contribution >= 0.6 is 0 Å². The van der Waals surface area contributed by atoms with E-state index in [0.29, 0.717) is 44.7 Å². The van der Waals surface area contributed by atoms with Crippen molar-refractivity contribution >= 4 is 15.7 Å². The van der Waals surface area contributed by atoms with Crippen molar-refractivity contribution in [1.29, 1.82) is 0 Å². The van der Waals surface area contributed by atoms with Gasteiger partial charge in [-0.05, 0) is 79.7 Å². The van der Waals surface area contributed by atoms with Gasteiger partial charge in [-0.1, -0.05) is 49.4 Å². The minimum atomic E-state index is -5.06. The lowest BCUT2D eigenvalue weighted by atomic mass is 9.63. The van der Waals surface area contributed by atoms with Crippen molar-refractivity contribution in [2.75, 3.05) is 18.1 Å². The van der Waals surface area contributed by atoms with Gasteiger partial charge in [0, 0.05) is 18.0 Å². The maximum atomic E-state index is 14.9. The highest BCUT2D eigenvalue weighted by atomic mass is 32.2. The molecule has 218 valence electrons. The molecule has 0 saturated carbocycles. The average Bonchev–Trinajstić information content (AvgIpc) is 3.28. The van der Waals surface area contributed by atoms with E-state index >= 15 is 0 Å². The zero-order valence-corrected chi connectivity index (χ0v) is 23.5. The Bertz CT molecular complexity index is 1390. The van der Waals surface area contributed by atoms with Crippen LogP contribution in [0.5, 0.6) is 0 Å². The van der Waals surface area contributed by atoms with E-state index in [1.165, 1.54) is 17.7 Å². The van der Waals surface area contributed by atoms with Crippen LogP contribution in [0, 0.1) is 0 Å². The van der Waals surface area contributed by atoms with Crippen LogP contribution in [-0.2, 0) is 45.0 Å². The Kier molecular flexibility index (Phi) is 7.13. The van der Waals surface area contributed by atoms with Gasteiger partial charge in [-0.15, -0.1) is 0 Å². The number of hydrogen-bond donors (Lipinski definition) is 1. The summed E-state index contributed by atoms with van der Waals surface area (Å²) in [6, 6.07) is 11.9. The Morgan fingerprint density at radius 1 is 1.02 bits per heavy atom. The molecule has 0 spiro atoms. The van der Waals surface area contributed by atoms with Gasteiger partial charge in [0.15, 0.2) is 9.84 Å². The number of amides is 1. The van der Waals surface area contributed by atoms with Crippen LogP contribution in [-0.4, -0.2) is 60.2 Å². The molecule has 3 atom stereocenters. The molecule has 2 aromatic carbocycles. The summed E-state index contributed by atoms with van der Waals surface area (Å²) < 4.78 is 79.4. The summed E-state index contributed by atoms with van der Waals surface area (Å²) in [5.41, 5.74) is -2.72. The number of nitrogens with zero attached hydrogens (tertiary/aromatic N) is 1. The smallest absolute Gasteiger partial charge is 0.380 e. The zero-order chi connectivity index (χ0) is 29.1. The normalized spacial score (nSPS) is 27.0. The molecule has 2 aliphatic heterocycles. The van der Waals surface area contributed by atoms with Gasteiger partial charge in [0.05, 0.1) is 11.5 Å². The Morgan fingerprint density at radius 2 is 1.65 bits per heavy atom. The standard InChI is InChI=1S/C30H35F4NO4S/c1-3-20-4-6-21(7-5-20)19-28-12-15-35(26(36)29(37)13-16-40(38,39)17-14-29)25(28)11-8-22-18-23(9-10-24(22)28)27(2,31)30(32,33)34/h4-7,9-10,18,25,37H,3,8,11-17,19H2,1-2H3. The monoisotopic (exact) mass is 581 g/mol.